The predicted octanol–water partition coefficient (Wildman–Crippen LogP) is 2.13. The molecule has 0 saturated carbocycles. The van der Waals surface area contributed by atoms with Crippen molar-refractivity contribution in [1.29, 1.82) is 0 Å². The summed E-state index contributed by atoms with van der Waals surface area (Å²) in [4.78, 5) is 42.7. The Kier molecular flexibility index (Phi) is 8.46. The number of rotatable bonds is 7. The summed E-state index contributed by atoms with van der Waals surface area (Å²) in [5.41, 5.74) is 0.667. The molecule has 2 amide bonds. The lowest BCUT2D eigenvalue weighted by Crippen LogP contribution is -2.41. The second kappa shape index (κ2) is 10.9. The van der Waals surface area contributed by atoms with Crippen LogP contribution in [0.3, 0.4) is 0 Å². The molecule has 0 aliphatic carbocycles. The van der Waals surface area contributed by atoms with Crippen LogP contribution in [0.4, 0.5) is 0 Å². The first-order valence-electron chi connectivity index (χ1n) is 10.6. The third-order valence-corrected chi connectivity index (χ3v) is 8.19. The number of aromatic nitrogens is 1. The second-order valence-corrected chi connectivity index (χ2v) is 12.0. The van der Waals surface area contributed by atoms with Crippen LogP contribution in [0.1, 0.15) is 26.7 Å². The van der Waals surface area contributed by atoms with Crippen molar-refractivity contribution >= 4 is 65.1 Å². The first kappa shape index (κ1) is 25.6. The second-order valence-electron chi connectivity index (χ2n) is 7.99. The molecule has 0 unspecified atom stereocenters. The van der Waals surface area contributed by atoms with Crippen molar-refractivity contribution in [2.24, 2.45) is 10.9 Å². The number of ether oxygens (including phenoxy) is 1. The number of fused-ring (bicyclic) bond motifs is 1. The molecule has 0 N–H and O–H groups in total. The zero-order chi connectivity index (χ0) is 24.2. The van der Waals surface area contributed by atoms with Gasteiger partial charge in [-0.25, -0.2) is 8.42 Å². The standard InChI is InChI=1S/C21H26BrN3O6S2/c1-3-31-20(28)11-25-16-5-4-15(22)10-17(16)32-21(25)23-18(26)12-33(29,30)13-19(27)24-8-6-14(2)7-9-24/h4-5,10,14H,3,6-9,11-13H2,1-2H3. The van der Waals surface area contributed by atoms with E-state index in [9.17, 15) is 22.8 Å². The third-order valence-electron chi connectivity index (χ3n) is 5.28. The average molecular weight is 560 g/mol. The Bertz CT molecular complexity index is 1230. The lowest BCUT2D eigenvalue weighted by atomic mass is 9.99. The molecule has 2 heterocycles. The van der Waals surface area contributed by atoms with Crippen LogP contribution in [-0.4, -0.2) is 66.9 Å². The summed E-state index contributed by atoms with van der Waals surface area (Å²) >= 11 is 4.54. The normalized spacial score (nSPS) is 15.7. The number of halogens is 1. The number of nitrogens with zero attached hydrogens (tertiary/aromatic N) is 3. The van der Waals surface area contributed by atoms with Gasteiger partial charge in [-0.15, -0.1) is 0 Å². The van der Waals surface area contributed by atoms with Crippen LogP contribution in [0.2, 0.25) is 0 Å². The highest BCUT2D eigenvalue weighted by atomic mass is 79.9. The van der Waals surface area contributed by atoms with E-state index in [2.05, 4.69) is 27.8 Å². The van der Waals surface area contributed by atoms with E-state index in [4.69, 9.17) is 4.74 Å². The van der Waals surface area contributed by atoms with Crippen molar-refractivity contribution < 1.29 is 27.5 Å². The van der Waals surface area contributed by atoms with Crippen LogP contribution in [0.5, 0.6) is 0 Å². The number of thiazole rings is 1. The van der Waals surface area contributed by atoms with Gasteiger partial charge in [-0.05, 0) is 43.9 Å². The highest BCUT2D eigenvalue weighted by molar-refractivity contribution is 9.10. The molecule has 33 heavy (non-hydrogen) atoms. The lowest BCUT2D eigenvalue weighted by molar-refractivity contribution is -0.143. The molecular weight excluding hydrogens is 534 g/mol. The third kappa shape index (κ3) is 6.97. The maximum Gasteiger partial charge on any atom is 0.326 e. The van der Waals surface area contributed by atoms with Gasteiger partial charge in [0.2, 0.25) is 5.91 Å². The van der Waals surface area contributed by atoms with Gasteiger partial charge >= 0.3 is 5.97 Å². The summed E-state index contributed by atoms with van der Waals surface area (Å²) in [7, 11) is -3.98. The number of esters is 1. The molecule has 1 aliphatic rings. The summed E-state index contributed by atoms with van der Waals surface area (Å²) in [6.07, 6.45) is 1.67. The van der Waals surface area contributed by atoms with E-state index >= 15 is 0 Å². The van der Waals surface area contributed by atoms with Gasteiger partial charge in [0.25, 0.3) is 5.91 Å². The van der Waals surface area contributed by atoms with Crippen LogP contribution in [0.15, 0.2) is 27.7 Å². The van der Waals surface area contributed by atoms with Gasteiger partial charge in [0.15, 0.2) is 14.6 Å². The molecule has 1 aliphatic heterocycles. The lowest BCUT2D eigenvalue weighted by Gasteiger charge is -2.30. The molecule has 3 rings (SSSR count). The van der Waals surface area contributed by atoms with Gasteiger partial charge in [-0.1, -0.05) is 34.2 Å². The summed E-state index contributed by atoms with van der Waals surface area (Å²) in [6.45, 7) is 4.88. The first-order chi connectivity index (χ1) is 15.6. The maximum absolute atomic E-state index is 12.5. The maximum atomic E-state index is 12.5. The summed E-state index contributed by atoms with van der Waals surface area (Å²) in [5.74, 6) is -2.96. The van der Waals surface area contributed by atoms with Crippen molar-refractivity contribution in [3.05, 3.63) is 27.5 Å². The topological polar surface area (TPSA) is 115 Å². The van der Waals surface area contributed by atoms with Crippen LogP contribution in [-0.2, 0) is 35.5 Å². The van der Waals surface area contributed by atoms with Crippen molar-refractivity contribution in [2.45, 2.75) is 33.2 Å². The molecular formula is C21H26BrN3O6S2. The fraction of sp³-hybridized carbons (Fsp3) is 0.524. The molecule has 0 spiro atoms. The van der Waals surface area contributed by atoms with Crippen molar-refractivity contribution in [3.63, 3.8) is 0 Å². The Hall–Kier alpha value is -2.05. The Morgan fingerprint density at radius 2 is 1.91 bits per heavy atom. The van der Waals surface area contributed by atoms with Crippen LogP contribution in [0.25, 0.3) is 10.2 Å². The molecule has 1 fully saturated rings. The number of carbonyl (C=O) groups is 3. The number of amides is 2. The first-order valence-corrected chi connectivity index (χ1v) is 14.0. The predicted molar refractivity (Wildman–Crippen MR) is 128 cm³/mol. The van der Waals surface area contributed by atoms with E-state index in [0.29, 0.717) is 24.5 Å². The minimum absolute atomic E-state index is 0.166. The van der Waals surface area contributed by atoms with E-state index in [0.717, 1.165) is 33.4 Å². The van der Waals surface area contributed by atoms with E-state index in [1.807, 2.05) is 6.07 Å². The number of likely N-dealkylation sites (tertiary alicyclic amines) is 1. The molecule has 0 atom stereocenters. The quantitative estimate of drug-likeness (QED) is 0.480. The Labute approximate surface area is 204 Å². The van der Waals surface area contributed by atoms with Crippen molar-refractivity contribution in [2.75, 3.05) is 31.2 Å². The highest BCUT2D eigenvalue weighted by Crippen LogP contribution is 2.22. The van der Waals surface area contributed by atoms with E-state index < -0.39 is 39.1 Å². The van der Waals surface area contributed by atoms with E-state index in [1.165, 1.54) is 9.47 Å². The highest BCUT2D eigenvalue weighted by Gasteiger charge is 2.26. The Balaban J connectivity index is 1.80. The minimum atomic E-state index is -3.98. The number of benzene rings is 1. The molecule has 9 nitrogen and oxygen atoms in total. The number of hydrogen-bond acceptors (Lipinski definition) is 7. The summed E-state index contributed by atoms with van der Waals surface area (Å²) in [5, 5.41) is 0. The van der Waals surface area contributed by atoms with E-state index in [-0.39, 0.29) is 18.0 Å². The molecule has 12 heteroatoms. The SMILES string of the molecule is CCOC(=O)Cn1c(=NC(=O)CS(=O)(=O)CC(=O)N2CCC(C)CC2)sc2cc(Br)ccc21. The summed E-state index contributed by atoms with van der Waals surface area (Å²) < 4.78 is 33.1. The molecule has 2 aromatic rings. The van der Waals surface area contributed by atoms with Crippen molar-refractivity contribution in [3.8, 4) is 0 Å². The number of hydrogen-bond donors (Lipinski definition) is 0. The largest absolute Gasteiger partial charge is 0.465 e. The monoisotopic (exact) mass is 559 g/mol. The number of sulfone groups is 1. The van der Waals surface area contributed by atoms with Gasteiger partial charge in [0, 0.05) is 17.6 Å². The average Bonchev–Trinajstić information content (AvgIpc) is 3.03. The smallest absolute Gasteiger partial charge is 0.326 e. The van der Waals surface area contributed by atoms with Crippen LogP contribution in [0, 0.1) is 5.92 Å². The van der Waals surface area contributed by atoms with Crippen molar-refractivity contribution in [1.82, 2.24) is 9.47 Å². The Morgan fingerprint density at radius 1 is 1.21 bits per heavy atom. The Morgan fingerprint density at radius 3 is 2.58 bits per heavy atom. The molecule has 0 radical (unpaired) electrons. The molecule has 180 valence electrons. The zero-order valence-electron chi connectivity index (χ0n) is 18.5. The zero-order valence-corrected chi connectivity index (χ0v) is 21.7. The fourth-order valence-electron chi connectivity index (χ4n) is 3.54. The van der Waals surface area contributed by atoms with Gasteiger partial charge < -0.3 is 14.2 Å². The number of piperidine rings is 1. The molecule has 1 saturated heterocycles. The number of carbonyl (C=O) groups excluding carboxylic acids is 3. The van der Waals surface area contributed by atoms with Crippen LogP contribution >= 0.6 is 27.3 Å². The fourth-order valence-corrected chi connectivity index (χ4v) is 6.24. The molecule has 1 aromatic carbocycles. The minimum Gasteiger partial charge on any atom is -0.465 e. The van der Waals surface area contributed by atoms with Crippen LogP contribution < -0.4 is 4.80 Å². The van der Waals surface area contributed by atoms with Gasteiger partial charge in [-0.2, -0.15) is 4.99 Å². The van der Waals surface area contributed by atoms with Gasteiger partial charge in [0.1, 0.15) is 18.1 Å². The molecule has 1 aromatic heterocycles. The van der Waals surface area contributed by atoms with Gasteiger partial charge in [-0.3, -0.25) is 14.4 Å². The molecule has 0 bridgehead atoms. The van der Waals surface area contributed by atoms with E-state index in [1.54, 1.807) is 19.1 Å². The summed E-state index contributed by atoms with van der Waals surface area (Å²) in [6, 6.07) is 5.38. The van der Waals surface area contributed by atoms with Gasteiger partial charge in [0.05, 0.1) is 16.8 Å².